The average Bonchev–Trinajstić information content (AvgIpc) is 2.17. The summed E-state index contributed by atoms with van der Waals surface area (Å²) >= 11 is 0. The van der Waals surface area contributed by atoms with Crippen LogP contribution < -0.4 is 0 Å². The summed E-state index contributed by atoms with van der Waals surface area (Å²) in [5.41, 5.74) is 0. The Balaban J connectivity index is 2.21. The van der Waals surface area contributed by atoms with Crippen molar-refractivity contribution in [2.24, 2.45) is 0 Å². The Bertz CT molecular complexity index is 167. The molecule has 56 valence electrons. The van der Waals surface area contributed by atoms with Gasteiger partial charge in [0.1, 0.15) is 0 Å². The SMILES string of the molecule is O=C1N2CCCC(C2)N1O. The molecule has 2 fully saturated rings. The molecule has 0 aromatic rings. The molecule has 2 aliphatic rings. The summed E-state index contributed by atoms with van der Waals surface area (Å²) in [4.78, 5) is 12.7. The fourth-order valence-electron chi connectivity index (χ4n) is 1.63. The van der Waals surface area contributed by atoms with Gasteiger partial charge in [0.15, 0.2) is 0 Å². The molecule has 1 atom stereocenters. The fraction of sp³-hybridized carbons (Fsp3) is 0.833. The second-order valence-electron chi connectivity index (χ2n) is 2.87. The van der Waals surface area contributed by atoms with Crippen molar-refractivity contribution in [3.63, 3.8) is 0 Å². The molecule has 4 heteroatoms. The van der Waals surface area contributed by atoms with Crippen LogP contribution in [0, 0.1) is 0 Å². The molecule has 2 aliphatic heterocycles. The highest BCUT2D eigenvalue weighted by molar-refractivity contribution is 5.76. The van der Waals surface area contributed by atoms with E-state index < -0.39 is 0 Å². The number of hydroxylamine groups is 2. The van der Waals surface area contributed by atoms with Crippen LogP contribution >= 0.6 is 0 Å². The molecule has 0 spiro atoms. The summed E-state index contributed by atoms with van der Waals surface area (Å²) in [6.45, 7) is 1.53. The summed E-state index contributed by atoms with van der Waals surface area (Å²) in [6.07, 6.45) is 1.96. The molecular weight excluding hydrogens is 132 g/mol. The van der Waals surface area contributed by atoms with Crippen molar-refractivity contribution in [1.29, 1.82) is 0 Å². The predicted molar refractivity (Wildman–Crippen MR) is 33.6 cm³/mol. The van der Waals surface area contributed by atoms with Gasteiger partial charge in [-0.3, -0.25) is 5.21 Å². The number of hydrogen-bond acceptors (Lipinski definition) is 2. The number of nitrogens with zero attached hydrogens (tertiary/aromatic N) is 2. The van der Waals surface area contributed by atoms with Crippen LogP contribution in [0.4, 0.5) is 4.79 Å². The highest BCUT2D eigenvalue weighted by atomic mass is 16.5. The number of rotatable bonds is 0. The zero-order valence-electron chi connectivity index (χ0n) is 5.66. The van der Waals surface area contributed by atoms with Gasteiger partial charge in [-0.15, -0.1) is 0 Å². The second-order valence-corrected chi connectivity index (χ2v) is 2.87. The Morgan fingerprint density at radius 2 is 2.40 bits per heavy atom. The van der Waals surface area contributed by atoms with Crippen LogP contribution in [0.2, 0.25) is 0 Å². The molecule has 2 amide bonds. The quantitative estimate of drug-likeness (QED) is 0.493. The Morgan fingerprint density at radius 1 is 1.60 bits per heavy atom. The lowest BCUT2D eigenvalue weighted by atomic mass is 10.1. The minimum absolute atomic E-state index is 0.0706. The maximum absolute atomic E-state index is 11.0. The lowest BCUT2D eigenvalue weighted by molar-refractivity contribution is -0.0583. The van der Waals surface area contributed by atoms with Gasteiger partial charge in [-0.25, -0.2) is 9.86 Å². The molecule has 10 heavy (non-hydrogen) atoms. The molecule has 0 saturated carbocycles. The molecule has 0 aromatic carbocycles. The number of urea groups is 1. The maximum atomic E-state index is 11.0. The van der Waals surface area contributed by atoms with E-state index in [2.05, 4.69) is 0 Å². The van der Waals surface area contributed by atoms with Gasteiger partial charge in [0.05, 0.1) is 6.04 Å². The largest absolute Gasteiger partial charge is 0.344 e. The third kappa shape index (κ3) is 0.623. The van der Waals surface area contributed by atoms with Crippen molar-refractivity contribution in [1.82, 2.24) is 9.96 Å². The first-order valence-corrected chi connectivity index (χ1v) is 3.56. The molecule has 2 bridgehead atoms. The van der Waals surface area contributed by atoms with Gasteiger partial charge in [0.25, 0.3) is 0 Å². The van der Waals surface area contributed by atoms with E-state index >= 15 is 0 Å². The van der Waals surface area contributed by atoms with E-state index in [1.807, 2.05) is 0 Å². The van der Waals surface area contributed by atoms with E-state index in [0.717, 1.165) is 31.0 Å². The minimum atomic E-state index is -0.220. The van der Waals surface area contributed by atoms with Gasteiger partial charge in [0.2, 0.25) is 0 Å². The summed E-state index contributed by atoms with van der Waals surface area (Å²) < 4.78 is 0. The summed E-state index contributed by atoms with van der Waals surface area (Å²) in [7, 11) is 0. The van der Waals surface area contributed by atoms with Gasteiger partial charge >= 0.3 is 6.03 Å². The fourth-order valence-corrected chi connectivity index (χ4v) is 1.63. The Morgan fingerprint density at radius 3 is 3.00 bits per heavy atom. The maximum Gasteiger partial charge on any atom is 0.344 e. The summed E-state index contributed by atoms with van der Waals surface area (Å²) in [6, 6.07) is -0.149. The number of carbonyl (C=O) groups excluding carboxylic acids is 1. The number of piperidine rings is 1. The van der Waals surface area contributed by atoms with Crippen LogP contribution in [-0.2, 0) is 0 Å². The zero-order valence-corrected chi connectivity index (χ0v) is 5.66. The van der Waals surface area contributed by atoms with Gasteiger partial charge in [-0.2, -0.15) is 0 Å². The molecule has 2 heterocycles. The van der Waals surface area contributed by atoms with Gasteiger partial charge in [-0.1, -0.05) is 0 Å². The Labute approximate surface area is 59.0 Å². The molecule has 4 nitrogen and oxygen atoms in total. The van der Waals surface area contributed by atoms with Crippen molar-refractivity contribution in [2.45, 2.75) is 18.9 Å². The average molecular weight is 142 g/mol. The first kappa shape index (κ1) is 5.97. The van der Waals surface area contributed by atoms with E-state index in [0.29, 0.717) is 0 Å². The Hall–Kier alpha value is -0.770. The first-order valence-electron chi connectivity index (χ1n) is 3.56. The minimum Gasteiger partial charge on any atom is -0.321 e. The molecule has 0 aliphatic carbocycles. The smallest absolute Gasteiger partial charge is 0.321 e. The standard InChI is InChI=1S/C6H10N2O2/c9-6-7-3-1-2-5(4-7)8(6)10/h5,10H,1-4H2. The Kier molecular flexibility index (Phi) is 1.11. The first-order chi connectivity index (χ1) is 4.79. The lowest BCUT2D eigenvalue weighted by Crippen LogP contribution is -2.30. The molecule has 2 saturated heterocycles. The van der Waals surface area contributed by atoms with Crippen LogP contribution in [0.25, 0.3) is 0 Å². The molecular formula is C6H10N2O2. The van der Waals surface area contributed by atoms with E-state index in [4.69, 9.17) is 5.21 Å². The topological polar surface area (TPSA) is 43.8 Å². The highest BCUT2D eigenvalue weighted by Gasteiger charge is 2.38. The normalized spacial score (nSPS) is 31.7. The monoisotopic (exact) mass is 142 g/mol. The van der Waals surface area contributed by atoms with Crippen LogP contribution in [0.15, 0.2) is 0 Å². The van der Waals surface area contributed by atoms with Crippen LogP contribution in [0.1, 0.15) is 12.8 Å². The van der Waals surface area contributed by atoms with E-state index in [9.17, 15) is 4.79 Å². The van der Waals surface area contributed by atoms with Crippen molar-refractivity contribution in [3.8, 4) is 0 Å². The lowest BCUT2D eigenvalue weighted by Gasteiger charge is -2.19. The summed E-state index contributed by atoms with van der Waals surface area (Å²) in [5, 5.41) is 9.98. The van der Waals surface area contributed by atoms with Gasteiger partial charge in [-0.05, 0) is 12.8 Å². The van der Waals surface area contributed by atoms with Crippen molar-refractivity contribution in [2.75, 3.05) is 13.1 Å². The molecule has 2 rings (SSSR count). The molecule has 1 N–H and O–H groups in total. The third-order valence-corrected chi connectivity index (χ3v) is 2.21. The van der Waals surface area contributed by atoms with Crippen molar-refractivity contribution < 1.29 is 10.0 Å². The second kappa shape index (κ2) is 1.85. The zero-order chi connectivity index (χ0) is 7.14. The van der Waals surface area contributed by atoms with Crippen LogP contribution in [0.5, 0.6) is 0 Å². The number of amides is 2. The molecule has 1 unspecified atom stereocenters. The number of carbonyl (C=O) groups is 1. The van der Waals surface area contributed by atoms with Crippen LogP contribution in [-0.4, -0.2) is 40.3 Å². The van der Waals surface area contributed by atoms with Crippen molar-refractivity contribution >= 4 is 6.03 Å². The van der Waals surface area contributed by atoms with Crippen LogP contribution in [0.3, 0.4) is 0 Å². The number of hydrogen-bond donors (Lipinski definition) is 1. The molecule has 0 radical (unpaired) electrons. The third-order valence-electron chi connectivity index (χ3n) is 2.21. The number of fused-ring (bicyclic) bond motifs is 2. The molecule has 0 aromatic heterocycles. The van der Waals surface area contributed by atoms with Gasteiger partial charge in [0, 0.05) is 13.1 Å². The van der Waals surface area contributed by atoms with E-state index in [1.54, 1.807) is 4.90 Å². The van der Waals surface area contributed by atoms with E-state index in [-0.39, 0.29) is 12.1 Å². The van der Waals surface area contributed by atoms with Crippen molar-refractivity contribution in [3.05, 3.63) is 0 Å². The highest BCUT2D eigenvalue weighted by Crippen LogP contribution is 2.22. The van der Waals surface area contributed by atoms with E-state index in [1.165, 1.54) is 0 Å². The summed E-state index contributed by atoms with van der Waals surface area (Å²) in [5.74, 6) is 0. The predicted octanol–water partition coefficient (Wildman–Crippen LogP) is 0.276. The van der Waals surface area contributed by atoms with Gasteiger partial charge < -0.3 is 4.90 Å².